The minimum Gasteiger partial charge on any atom is -0.493 e. The van der Waals surface area contributed by atoms with E-state index in [0.29, 0.717) is 42.4 Å². The second kappa shape index (κ2) is 12.2. The highest BCUT2D eigenvalue weighted by atomic mass is 32.2. The summed E-state index contributed by atoms with van der Waals surface area (Å²) in [5.74, 6) is 1.22. The molecule has 0 unspecified atom stereocenters. The van der Waals surface area contributed by atoms with Gasteiger partial charge in [0.2, 0.25) is 5.91 Å². The lowest BCUT2D eigenvalue weighted by Gasteiger charge is -2.10. The maximum absolute atomic E-state index is 12.6. The third-order valence-electron chi connectivity index (χ3n) is 5.73. The van der Waals surface area contributed by atoms with Gasteiger partial charge in [0.05, 0.1) is 20.0 Å². The number of rotatable bonds is 11. The smallest absolute Gasteiger partial charge is 0.251 e. The van der Waals surface area contributed by atoms with Gasteiger partial charge in [-0.25, -0.2) is 0 Å². The molecule has 0 atom stereocenters. The molecule has 3 aromatic carbocycles. The Balaban J connectivity index is 1.35. The van der Waals surface area contributed by atoms with Crippen LogP contribution in [0.3, 0.4) is 0 Å². The molecule has 2 N–H and O–H groups in total. The molecule has 0 aliphatic carbocycles. The van der Waals surface area contributed by atoms with Crippen LogP contribution in [0.2, 0.25) is 0 Å². The number of amides is 2. The highest BCUT2D eigenvalue weighted by Crippen LogP contribution is 2.30. The molecule has 0 fully saturated rings. The SMILES string of the molecule is COc1ccc(C(=O)NCCn2cc(SCC(=O)NCc3ccccc3)c3ccccc32)cc1OC. The predicted octanol–water partition coefficient (Wildman–Crippen LogP) is 4.50. The molecule has 0 saturated heterocycles. The van der Waals surface area contributed by atoms with Crippen molar-refractivity contribution in [2.75, 3.05) is 26.5 Å². The summed E-state index contributed by atoms with van der Waals surface area (Å²) in [4.78, 5) is 26.1. The van der Waals surface area contributed by atoms with Gasteiger partial charge in [-0.05, 0) is 29.8 Å². The monoisotopic (exact) mass is 503 g/mol. The topological polar surface area (TPSA) is 81.6 Å². The van der Waals surface area contributed by atoms with Crippen LogP contribution in [-0.4, -0.2) is 42.9 Å². The van der Waals surface area contributed by atoms with Crippen molar-refractivity contribution in [3.05, 3.63) is 90.1 Å². The van der Waals surface area contributed by atoms with Gasteiger partial charge in [-0.3, -0.25) is 9.59 Å². The first-order valence-corrected chi connectivity index (χ1v) is 12.6. The number of hydrogen-bond acceptors (Lipinski definition) is 5. The summed E-state index contributed by atoms with van der Waals surface area (Å²) >= 11 is 1.51. The number of fused-ring (bicyclic) bond motifs is 1. The van der Waals surface area contributed by atoms with E-state index in [0.717, 1.165) is 21.4 Å². The van der Waals surface area contributed by atoms with E-state index in [-0.39, 0.29) is 11.8 Å². The number of hydrogen-bond donors (Lipinski definition) is 2. The third-order valence-corrected chi connectivity index (χ3v) is 6.77. The molecule has 0 aliphatic heterocycles. The second-order valence-corrected chi connectivity index (χ2v) is 9.10. The summed E-state index contributed by atoms with van der Waals surface area (Å²) in [6, 6.07) is 23.0. The van der Waals surface area contributed by atoms with E-state index in [1.807, 2.05) is 54.7 Å². The first-order valence-electron chi connectivity index (χ1n) is 11.6. The van der Waals surface area contributed by atoms with Gasteiger partial charge in [0.25, 0.3) is 5.91 Å². The van der Waals surface area contributed by atoms with E-state index >= 15 is 0 Å². The van der Waals surface area contributed by atoms with Gasteiger partial charge in [-0.15, -0.1) is 11.8 Å². The minimum atomic E-state index is -0.183. The average Bonchev–Trinajstić information content (AvgIpc) is 3.28. The van der Waals surface area contributed by atoms with Crippen molar-refractivity contribution in [1.29, 1.82) is 0 Å². The number of thioether (sulfide) groups is 1. The molecule has 186 valence electrons. The third kappa shape index (κ3) is 6.20. The predicted molar refractivity (Wildman–Crippen MR) is 143 cm³/mol. The van der Waals surface area contributed by atoms with Gasteiger partial charge in [-0.1, -0.05) is 48.5 Å². The van der Waals surface area contributed by atoms with Crippen LogP contribution in [0, 0.1) is 0 Å². The van der Waals surface area contributed by atoms with Gasteiger partial charge in [-0.2, -0.15) is 0 Å². The lowest BCUT2D eigenvalue weighted by molar-refractivity contribution is -0.118. The fraction of sp³-hybridized carbons (Fsp3) is 0.214. The molecule has 0 radical (unpaired) electrons. The van der Waals surface area contributed by atoms with Crippen molar-refractivity contribution in [3.8, 4) is 11.5 Å². The number of methoxy groups -OCH3 is 2. The van der Waals surface area contributed by atoms with Gasteiger partial charge in [0, 0.05) is 47.2 Å². The van der Waals surface area contributed by atoms with Crippen molar-refractivity contribution in [3.63, 3.8) is 0 Å². The summed E-state index contributed by atoms with van der Waals surface area (Å²) in [6.45, 7) is 1.57. The molecule has 0 bridgehead atoms. The summed E-state index contributed by atoms with van der Waals surface area (Å²) in [6.07, 6.45) is 2.04. The maximum atomic E-state index is 12.6. The molecular formula is C28H29N3O4S. The standard InChI is InChI=1S/C28H29N3O4S/c1-34-24-13-12-21(16-25(24)35-2)28(33)29-14-15-31-18-26(22-10-6-7-11-23(22)31)36-19-27(32)30-17-20-8-4-3-5-9-20/h3-13,16,18H,14-15,17,19H2,1-2H3,(H,29,33)(H,30,32). The Morgan fingerprint density at radius 3 is 2.42 bits per heavy atom. The zero-order valence-corrected chi connectivity index (χ0v) is 21.1. The van der Waals surface area contributed by atoms with Crippen LogP contribution in [0.25, 0.3) is 10.9 Å². The molecule has 1 heterocycles. The Labute approximate surface area is 214 Å². The van der Waals surface area contributed by atoms with E-state index < -0.39 is 0 Å². The van der Waals surface area contributed by atoms with Crippen molar-refractivity contribution in [1.82, 2.24) is 15.2 Å². The van der Waals surface area contributed by atoms with E-state index in [9.17, 15) is 9.59 Å². The molecule has 0 aliphatic rings. The highest BCUT2D eigenvalue weighted by molar-refractivity contribution is 8.00. The molecule has 0 spiro atoms. The number of nitrogens with zero attached hydrogens (tertiary/aromatic N) is 1. The number of carbonyl (C=O) groups is 2. The Bertz CT molecular complexity index is 1340. The quantitative estimate of drug-likeness (QED) is 0.295. The van der Waals surface area contributed by atoms with Crippen molar-refractivity contribution in [2.24, 2.45) is 0 Å². The van der Waals surface area contributed by atoms with Crippen LogP contribution < -0.4 is 20.1 Å². The Morgan fingerprint density at radius 1 is 0.889 bits per heavy atom. The van der Waals surface area contributed by atoms with Gasteiger partial charge in [0.15, 0.2) is 11.5 Å². The largest absolute Gasteiger partial charge is 0.493 e. The number of ether oxygens (including phenoxy) is 2. The van der Waals surface area contributed by atoms with Crippen molar-refractivity contribution < 1.29 is 19.1 Å². The number of aromatic nitrogens is 1. The van der Waals surface area contributed by atoms with Gasteiger partial charge < -0.3 is 24.7 Å². The van der Waals surface area contributed by atoms with E-state index in [4.69, 9.17) is 9.47 Å². The molecule has 4 rings (SSSR count). The molecule has 8 heteroatoms. The Kier molecular flexibility index (Phi) is 8.52. The van der Waals surface area contributed by atoms with Crippen LogP contribution in [0.1, 0.15) is 15.9 Å². The van der Waals surface area contributed by atoms with Crippen LogP contribution in [0.15, 0.2) is 83.9 Å². The zero-order valence-electron chi connectivity index (χ0n) is 20.3. The molecule has 4 aromatic rings. The molecule has 1 aromatic heterocycles. The molecule has 2 amide bonds. The number of para-hydroxylation sites is 1. The fourth-order valence-corrected chi connectivity index (χ4v) is 4.79. The van der Waals surface area contributed by atoms with E-state index in [1.54, 1.807) is 32.4 Å². The summed E-state index contributed by atoms with van der Waals surface area (Å²) < 4.78 is 12.6. The first-order chi connectivity index (χ1) is 17.6. The van der Waals surface area contributed by atoms with Gasteiger partial charge in [0.1, 0.15) is 0 Å². The average molecular weight is 504 g/mol. The summed E-state index contributed by atoms with van der Waals surface area (Å²) in [7, 11) is 3.10. The summed E-state index contributed by atoms with van der Waals surface area (Å²) in [5.41, 5.74) is 2.63. The van der Waals surface area contributed by atoms with Crippen LogP contribution >= 0.6 is 11.8 Å². The number of carbonyl (C=O) groups excluding carboxylic acids is 2. The first kappa shape index (κ1) is 25.2. The normalized spacial score (nSPS) is 10.7. The number of benzene rings is 3. The number of nitrogens with one attached hydrogen (secondary N) is 2. The molecule has 0 saturated carbocycles. The molecular weight excluding hydrogens is 474 g/mol. The maximum Gasteiger partial charge on any atom is 0.251 e. The Hall–Kier alpha value is -3.91. The van der Waals surface area contributed by atoms with Crippen molar-refractivity contribution >= 4 is 34.5 Å². The lowest BCUT2D eigenvalue weighted by atomic mass is 10.2. The van der Waals surface area contributed by atoms with Crippen LogP contribution in [-0.2, 0) is 17.9 Å². The van der Waals surface area contributed by atoms with Crippen LogP contribution in [0.5, 0.6) is 11.5 Å². The fourth-order valence-electron chi connectivity index (χ4n) is 3.87. The van der Waals surface area contributed by atoms with Crippen molar-refractivity contribution in [2.45, 2.75) is 18.0 Å². The van der Waals surface area contributed by atoms with Crippen LogP contribution in [0.4, 0.5) is 0 Å². The molecule has 7 nitrogen and oxygen atoms in total. The van der Waals surface area contributed by atoms with E-state index in [2.05, 4.69) is 21.3 Å². The Morgan fingerprint density at radius 2 is 1.64 bits per heavy atom. The second-order valence-electron chi connectivity index (χ2n) is 8.08. The summed E-state index contributed by atoms with van der Waals surface area (Å²) in [5, 5.41) is 7.02. The van der Waals surface area contributed by atoms with E-state index in [1.165, 1.54) is 11.8 Å². The molecule has 36 heavy (non-hydrogen) atoms. The lowest BCUT2D eigenvalue weighted by Crippen LogP contribution is -2.27. The highest BCUT2D eigenvalue weighted by Gasteiger charge is 2.13. The minimum absolute atomic E-state index is 0.0112. The van der Waals surface area contributed by atoms with Gasteiger partial charge >= 0.3 is 0 Å². The zero-order chi connectivity index (χ0) is 25.3.